The van der Waals surface area contributed by atoms with Gasteiger partial charge in [-0.05, 0) is 23.6 Å². The van der Waals surface area contributed by atoms with Crippen molar-refractivity contribution in [3.05, 3.63) is 45.8 Å². The number of hydrogen-bond acceptors (Lipinski definition) is 3. The molecule has 0 amide bonds. The van der Waals surface area contributed by atoms with Gasteiger partial charge in [-0.2, -0.15) is 0 Å². The maximum atomic E-state index is 10.9. The van der Waals surface area contributed by atoms with Crippen molar-refractivity contribution in [2.45, 2.75) is 13.0 Å². The van der Waals surface area contributed by atoms with Gasteiger partial charge in [0.1, 0.15) is 0 Å². The van der Waals surface area contributed by atoms with Crippen molar-refractivity contribution < 1.29 is 14.6 Å². The summed E-state index contributed by atoms with van der Waals surface area (Å²) in [5.74, 6) is -0.960. The summed E-state index contributed by atoms with van der Waals surface area (Å²) >= 11 is 0. The molecule has 0 bridgehead atoms. The molecule has 1 aromatic carbocycles. The molecule has 1 aromatic rings. The number of carboxylic acids is 1. The molecule has 1 rings (SSSR count). The SMILES string of the molecule is [N-]=[N+]=NCCCOCc1ccccc1C(=O)O. The van der Waals surface area contributed by atoms with E-state index in [0.29, 0.717) is 25.1 Å². The second kappa shape index (κ2) is 7.27. The van der Waals surface area contributed by atoms with Gasteiger partial charge in [-0.3, -0.25) is 0 Å². The molecule has 0 saturated heterocycles. The molecule has 17 heavy (non-hydrogen) atoms. The zero-order valence-electron chi connectivity index (χ0n) is 9.24. The Hall–Kier alpha value is -2.04. The number of hydrogen-bond donors (Lipinski definition) is 1. The van der Waals surface area contributed by atoms with Crippen molar-refractivity contribution in [2.75, 3.05) is 13.2 Å². The Morgan fingerprint density at radius 3 is 2.94 bits per heavy atom. The van der Waals surface area contributed by atoms with Gasteiger partial charge in [-0.15, -0.1) is 0 Å². The van der Waals surface area contributed by atoms with Crippen molar-refractivity contribution >= 4 is 5.97 Å². The first kappa shape index (κ1) is 13.0. The molecule has 0 spiro atoms. The zero-order chi connectivity index (χ0) is 12.5. The van der Waals surface area contributed by atoms with Crippen LogP contribution < -0.4 is 0 Å². The van der Waals surface area contributed by atoms with Gasteiger partial charge in [0.2, 0.25) is 0 Å². The molecule has 0 heterocycles. The number of carbonyl (C=O) groups is 1. The minimum Gasteiger partial charge on any atom is -0.478 e. The number of nitrogens with zero attached hydrogens (tertiary/aromatic N) is 3. The number of aromatic carboxylic acids is 1. The summed E-state index contributed by atoms with van der Waals surface area (Å²) in [6, 6.07) is 6.71. The normalized spacial score (nSPS) is 9.65. The summed E-state index contributed by atoms with van der Waals surface area (Å²) in [5.41, 5.74) is 8.95. The minimum atomic E-state index is -0.960. The second-order valence-electron chi connectivity index (χ2n) is 3.32. The monoisotopic (exact) mass is 235 g/mol. The van der Waals surface area contributed by atoms with Crippen molar-refractivity contribution in [1.29, 1.82) is 0 Å². The number of ether oxygens (including phenoxy) is 1. The molecular formula is C11H13N3O3. The van der Waals surface area contributed by atoms with Crippen molar-refractivity contribution in [1.82, 2.24) is 0 Å². The predicted octanol–water partition coefficient (Wildman–Crippen LogP) is 2.60. The molecule has 0 atom stereocenters. The molecule has 0 radical (unpaired) electrons. The van der Waals surface area contributed by atoms with Gasteiger partial charge in [-0.25, -0.2) is 4.79 Å². The molecule has 0 unspecified atom stereocenters. The number of azide groups is 1. The fourth-order valence-corrected chi connectivity index (χ4v) is 1.32. The Kier molecular flexibility index (Phi) is 5.57. The van der Waals surface area contributed by atoms with Crippen LogP contribution in [0.15, 0.2) is 29.4 Å². The predicted molar refractivity (Wildman–Crippen MR) is 61.7 cm³/mol. The van der Waals surface area contributed by atoms with Gasteiger partial charge in [0.05, 0.1) is 12.2 Å². The average molecular weight is 235 g/mol. The van der Waals surface area contributed by atoms with Crippen LogP contribution in [0.3, 0.4) is 0 Å². The molecular weight excluding hydrogens is 222 g/mol. The first-order chi connectivity index (χ1) is 8.25. The van der Waals surface area contributed by atoms with Gasteiger partial charge in [0, 0.05) is 18.1 Å². The van der Waals surface area contributed by atoms with E-state index < -0.39 is 5.97 Å². The van der Waals surface area contributed by atoms with Gasteiger partial charge >= 0.3 is 5.97 Å². The number of rotatable bonds is 7. The summed E-state index contributed by atoms with van der Waals surface area (Å²) in [4.78, 5) is 13.5. The Balaban J connectivity index is 2.41. The van der Waals surface area contributed by atoms with Gasteiger partial charge in [0.15, 0.2) is 0 Å². The van der Waals surface area contributed by atoms with E-state index in [1.807, 2.05) is 0 Å². The summed E-state index contributed by atoms with van der Waals surface area (Å²) in [6.07, 6.45) is 0.624. The molecule has 0 aromatic heterocycles. The number of benzene rings is 1. The lowest BCUT2D eigenvalue weighted by Crippen LogP contribution is -2.04. The molecule has 90 valence electrons. The molecule has 6 heteroatoms. The van der Waals surface area contributed by atoms with Crippen LogP contribution in [-0.4, -0.2) is 24.2 Å². The first-order valence-electron chi connectivity index (χ1n) is 5.15. The van der Waals surface area contributed by atoms with Crippen LogP contribution in [0.4, 0.5) is 0 Å². The van der Waals surface area contributed by atoms with E-state index in [2.05, 4.69) is 10.0 Å². The van der Waals surface area contributed by atoms with Crippen LogP contribution >= 0.6 is 0 Å². The summed E-state index contributed by atoms with van der Waals surface area (Å²) in [7, 11) is 0. The zero-order valence-corrected chi connectivity index (χ0v) is 9.24. The minimum absolute atomic E-state index is 0.249. The highest BCUT2D eigenvalue weighted by molar-refractivity contribution is 5.89. The third-order valence-corrected chi connectivity index (χ3v) is 2.12. The molecule has 0 aliphatic heterocycles. The van der Waals surface area contributed by atoms with E-state index in [-0.39, 0.29) is 12.2 Å². The van der Waals surface area contributed by atoms with E-state index in [1.54, 1.807) is 24.3 Å². The molecule has 0 aliphatic carbocycles. The lowest BCUT2D eigenvalue weighted by molar-refractivity contribution is 0.0687. The Morgan fingerprint density at radius 1 is 1.47 bits per heavy atom. The van der Waals surface area contributed by atoms with Crippen LogP contribution in [0, 0.1) is 0 Å². The summed E-state index contributed by atoms with van der Waals surface area (Å²) in [6.45, 7) is 1.07. The highest BCUT2D eigenvalue weighted by Gasteiger charge is 2.08. The third kappa shape index (κ3) is 4.55. The fourth-order valence-electron chi connectivity index (χ4n) is 1.32. The third-order valence-electron chi connectivity index (χ3n) is 2.12. The lowest BCUT2D eigenvalue weighted by atomic mass is 10.1. The maximum absolute atomic E-state index is 10.9. The fraction of sp³-hybridized carbons (Fsp3) is 0.364. The summed E-state index contributed by atoms with van der Waals surface area (Å²) < 4.78 is 5.31. The van der Waals surface area contributed by atoms with E-state index in [0.717, 1.165) is 0 Å². The lowest BCUT2D eigenvalue weighted by Gasteiger charge is -2.06. The van der Waals surface area contributed by atoms with E-state index in [9.17, 15) is 4.79 Å². The van der Waals surface area contributed by atoms with Gasteiger partial charge in [-0.1, -0.05) is 23.3 Å². The van der Waals surface area contributed by atoms with Crippen molar-refractivity contribution in [3.63, 3.8) is 0 Å². The Labute approximate surface area is 98.5 Å². The topological polar surface area (TPSA) is 95.3 Å². The largest absolute Gasteiger partial charge is 0.478 e. The van der Waals surface area contributed by atoms with E-state index in [1.165, 1.54) is 0 Å². The van der Waals surface area contributed by atoms with Crippen LogP contribution in [0.5, 0.6) is 0 Å². The molecule has 1 N–H and O–H groups in total. The molecule has 0 fully saturated rings. The van der Waals surface area contributed by atoms with Crippen LogP contribution in [0.2, 0.25) is 0 Å². The maximum Gasteiger partial charge on any atom is 0.336 e. The smallest absolute Gasteiger partial charge is 0.336 e. The summed E-state index contributed by atoms with van der Waals surface area (Å²) in [5, 5.41) is 12.3. The van der Waals surface area contributed by atoms with Crippen LogP contribution in [0.1, 0.15) is 22.3 Å². The van der Waals surface area contributed by atoms with Crippen molar-refractivity contribution in [2.24, 2.45) is 5.11 Å². The highest BCUT2D eigenvalue weighted by Crippen LogP contribution is 2.10. The Morgan fingerprint density at radius 2 is 2.24 bits per heavy atom. The molecule has 0 saturated carbocycles. The van der Waals surface area contributed by atoms with Crippen molar-refractivity contribution in [3.8, 4) is 0 Å². The van der Waals surface area contributed by atoms with E-state index >= 15 is 0 Å². The molecule has 6 nitrogen and oxygen atoms in total. The van der Waals surface area contributed by atoms with Gasteiger partial charge in [0.25, 0.3) is 0 Å². The molecule has 0 aliphatic rings. The first-order valence-corrected chi connectivity index (χ1v) is 5.15. The Bertz CT molecular complexity index is 428. The second-order valence-corrected chi connectivity index (χ2v) is 3.32. The standard InChI is InChI=1S/C11H13N3O3/c12-14-13-6-3-7-17-8-9-4-1-2-5-10(9)11(15)16/h1-2,4-5H,3,6-8H2,(H,15,16). The van der Waals surface area contributed by atoms with Crippen LogP contribution in [0.25, 0.3) is 10.4 Å². The van der Waals surface area contributed by atoms with E-state index in [4.69, 9.17) is 15.4 Å². The highest BCUT2D eigenvalue weighted by atomic mass is 16.5. The quantitative estimate of drug-likeness (QED) is 0.340. The average Bonchev–Trinajstić information content (AvgIpc) is 2.34. The van der Waals surface area contributed by atoms with Gasteiger partial charge < -0.3 is 9.84 Å². The van der Waals surface area contributed by atoms with Crippen LogP contribution in [-0.2, 0) is 11.3 Å². The number of carboxylic acid groups (broad SMARTS) is 1.